The second kappa shape index (κ2) is 7.64. The summed E-state index contributed by atoms with van der Waals surface area (Å²) in [5.74, 6) is -0.317. The largest absolute Gasteiger partial charge is 0.362 e. The molecule has 0 aliphatic carbocycles. The van der Waals surface area contributed by atoms with Gasteiger partial charge in [0.2, 0.25) is 3.79 Å². The van der Waals surface area contributed by atoms with E-state index < -0.39 is 9.96 Å². The van der Waals surface area contributed by atoms with Crippen LogP contribution in [0.5, 0.6) is 0 Å². The van der Waals surface area contributed by atoms with Crippen LogP contribution in [0, 0.1) is 20.8 Å². The first-order valence-corrected chi connectivity index (χ1v) is 8.58. The van der Waals surface area contributed by atoms with Gasteiger partial charge in [-0.1, -0.05) is 58.6 Å². The molecule has 0 saturated carbocycles. The Hall–Kier alpha value is -1.42. The van der Waals surface area contributed by atoms with Crippen LogP contribution >= 0.6 is 34.8 Å². The standard InChI is InChI=1S/C18H19Cl3N2O/c1-11-4-7-14(8-5-11)16(24)23-17(18(19,20)21)22-15-9-6-12(2)13(3)10-15/h4-10,17,22H,1-3H3,(H,23,24)/t17-/m0/s1. The Bertz CT molecular complexity index is 724. The molecule has 6 heteroatoms. The predicted octanol–water partition coefficient (Wildman–Crippen LogP) is 5.15. The van der Waals surface area contributed by atoms with Crippen molar-refractivity contribution in [1.82, 2.24) is 5.32 Å². The summed E-state index contributed by atoms with van der Waals surface area (Å²) in [7, 11) is 0. The molecule has 0 aliphatic rings. The fraction of sp³-hybridized carbons (Fsp3) is 0.278. The smallest absolute Gasteiger partial charge is 0.252 e. The third-order valence-electron chi connectivity index (χ3n) is 3.73. The highest BCUT2D eigenvalue weighted by Crippen LogP contribution is 2.31. The summed E-state index contributed by atoms with van der Waals surface area (Å²) in [4.78, 5) is 12.4. The Morgan fingerprint density at radius 1 is 0.958 bits per heavy atom. The summed E-state index contributed by atoms with van der Waals surface area (Å²) >= 11 is 18.1. The van der Waals surface area contributed by atoms with Crippen LogP contribution in [0.4, 0.5) is 5.69 Å². The molecule has 2 N–H and O–H groups in total. The fourth-order valence-electron chi connectivity index (χ4n) is 2.12. The quantitative estimate of drug-likeness (QED) is 0.564. The minimum atomic E-state index is -1.71. The van der Waals surface area contributed by atoms with Crippen molar-refractivity contribution in [3.63, 3.8) is 0 Å². The van der Waals surface area contributed by atoms with E-state index in [-0.39, 0.29) is 5.91 Å². The average Bonchev–Trinajstić information content (AvgIpc) is 2.50. The van der Waals surface area contributed by atoms with E-state index in [4.69, 9.17) is 34.8 Å². The number of carbonyl (C=O) groups is 1. The third kappa shape index (κ3) is 5.04. The van der Waals surface area contributed by atoms with Crippen LogP contribution < -0.4 is 10.6 Å². The zero-order valence-corrected chi connectivity index (χ0v) is 15.9. The van der Waals surface area contributed by atoms with E-state index in [9.17, 15) is 4.79 Å². The number of rotatable bonds is 4. The van der Waals surface area contributed by atoms with Crippen LogP contribution in [-0.4, -0.2) is 15.9 Å². The Morgan fingerprint density at radius 3 is 2.12 bits per heavy atom. The molecular formula is C18H19Cl3N2O. The van der Waals surface area contributed by atoms with Crippen LogP contribution in [0.1, 0.15) is 27.0 Å². The summed E-state index contributed by atoms with van der Waals surface area (Å²) in [5.41, 5.74) is 4.60. The first-order chi connectivity index (χ1) is 11.2. The number of anilines is 1. The second-order valence-corrected chi connectivity index (χ2v) is 8.13. The minimum absolute atomic E-state index is 0.317. The maximum absolute atomic E-state index is 12.4. The van der Waals surface area contributed by atoms with Crippen LogP contribution in [0.3, 0.4) is 0 Å². The van der Waals surface area contributed by atoms with Gasteiger partial charge >= 0.3 is 0 Å². The van der Waals surface area contributed by atoms with Gasteiger partial charge in [-0.25, -0.2) is 0 Å². The van der Waals surface area contributed by atoms with Crippen LogP contribution in [0.2, 0.25) is 0 Å². The highest BCUT2D eigenvalue weighted by molar-refractivity contribution is 6.68. The summed E-state index contributed by atoms with van der Waals surface area (Å²) < 4.78 is -1.71. The Kier molecular flexibility index (Phi) is 6.02. The van der Waals surface area contributed by atoms with Crippen molar-refractivity contribution < 1.29 is 4.79 Å². The van der Waals surface area contributed by atoms with Crippen molar-refractivity contribution in [2.45, 2.75) is 30.7 Å². The molecule has 128 valence electrons. The lowest BCUT2D eigenvalue weighted by molar-refractivity contribution is 0.0942. The molecule has 0 spiro atoms. The highest BCUT2D eigenvalue weighted by atomic mass is 35.6. The van der Waals surface area contributed by atoms with Crippen LogP contribution in [0.25, 0.3) is 0 Å². The molecule has 1 amide bonds. The topological polar surface area (TPSA) is 41.1 Å². The van der Waals surface area contributed by atoms with Gasteiger partial charge in [-0.15, -0.1) is 0 Å². The van der Waals surface area contributed by atoms with Crippen molar-refractivity contribution >= 4 is 46.4 Å². The number of halogens is 3. The lowest BCUT2D eigenvalue weighted by Crippen LogP contribution is -2.49. The third-order valence-corrected chi connectivity index (χ3v) is 4.39. The van der Waals surface area contributed by atoms with Crippen molar-refractivity contribution in [2.24, 2.45) is 0 Å². The summed E-state index contributed by atoms with van der Waals surface area (Å²) in [5, 5.41) is 5.80. The van der Waals surface area contributed by atoms with E-state index in [1.54, 1.807) is 12.1 Å². The van der Waals surface area contributed by atoms with E-state index >= 15 is 0 Å². The Morgan fingerprint density at radius 2 is 1.58 bits per heavy atom. The van der Waals surface area contributed by atoms with Gasteiger partial charge in [-0.05, 0) is 56.2 Å². The van der Waals surface area contributed by atoms with Gasteiger partial charge in [0.1, 0.15) is 6.17 Å². The number of hydrogen-bond acceptors (Lipinski definition) is 2. The second-order valence-electron chi connectivity index (χ2n) is 5.76. The SMILES string of the molecule is Cc1ccc(C(=O)N[C@H](Nc2ccc(C)c(C)c2)C(Cl)(Cl)Cl)cc1. The minimum Gasteiger partial charge on any atom is -0.362 e. The molecule has 2 aromatic carbocycles. The number of carbonyl (C=O) groups excluding carboxylic acids is 1. The Balaban J connectivity index is 2.18. The first kappa shape index (κ1) is 18.9. The van der Waals surface area contributed by atoms with E-state index in [1.807, 2.05) is 51.1 Å². The fourth-order valence-corrected chi connectivity index (χ4v) is 2.44. The van der Waals surface area contributed by atoms with Crippen LogP contribution in [0.15, 0.2) is 42.5 Å². The molecule has 0 radical (unpaired) electrons. The summed E-state index contributed by atoms with van der Waals surface area (Å²) in [6.07, 6.45) is -0.876. The summed E-state index contributed by atoms with van der Waals surface area (Å²) in [6.45, 7) is 5.97. The number of aryl methyl sites for hydroxylation is 3. The number of amides is 1. The molecular weight excluding hydrogens is 367 g/mol. The van der Waals surface area contributed by atoms with Crippen molar-refractivity contribution in [2.75, 3.05) is 5.32 Å². The van der Waals surface area contributed by atoms with Crippen molar-refractivity contribution in [3.05, 3.63) is 64.7 Å². The lowest BCUT2D eigenvalue weighted by atomic mass is 10.1. The van der Waals surface area contributed by atoms with E-state index in [1.165, 1.54) is 0 Å². The molecule has 2 aromatic rings. The zero-order chi connectivity index (χ0) is 17.9. The molecule has 0 heterocycles. The molecule has 3 nitrogen and oxygen atoms in total. The maximum atomic E-state index is 12.4. The number of benzene rings is 2. The zero-order valence-electron chi connectivity index (χ0n) is 13.7. The van der Waals surface area contributed by atoms with Crippen molar-refractivity contribution in [3.8, 4) is 0 Å². The average molecular weight is 386 g/mol. The Labute approximate surface area is 157 Å². The molecule has 24 heavy (non-hydrogen) atoms. The van der Waals surface area contributed by atoms with Gasteiger partial charge < -0.3 is 10.6 Å². The maximum Gasteiger partial charge on any atom is 0.252 e. The van der Waals surface area contributed by atoms with E-state index in [0.717, 1.165) is 22.4 Å². The molecule has 0 saturated heterocycles. The normalized spacial score (nSPS) is 12.6. The van der Waals surface area contributed by atoms with Gasteiger partial charge in [-0.3, -0.25) is 4.79 Å². The molecule has 2 rings (SSSR count). The van der Waals surface area contributed by atoms with E-state index in [0.29, 0.717) is 5.56 Å². The molecule has 1 atom stereocenters. The highest BCUT2D eigenvalue weighted by Gasteiger charge is 2.34. The number of hydrogen-bond donors (Lipinski definition) is 2. The molecule has 0 aliphatic heterocycles. The first-order valence-electron chi connectivity index (χ1n) is 7.45. The number of alkyl halides is 3. The van der Waals surface area contributed by atoms with Gasteiger partial charge in [0.25, 0.3) is 5.91 Å². The van der Waals surface area contributed by atoms with Crippen LogP contribution in [-0.2, 0) is 0 Å². The number of nitrogens with one attached hydrogen (secondary N) is 2. The summed E-state index contributed by atoms with van der Waals surface area (Å²) in [6, 6.07) is 13.0. The van der Waals surface area contributed by atoms with Gasteiger partial charge in [-0.2, -0.15) is 0 Å². The van der Waals surface area contributed by atoms with Crippen molar-refractivity contribution in [1.29, 1.82) is 0 Å². The molecule has 0 bridgehead atoms. The van der Waals surface area contributed by atoms with Gasteiger partial charge in [0.05, 0.1) is 0 Å². The van der Waals surface area contributed by atoms with E-state index in [2.05, 4.69) is 10.6 Å². The van der Waals surface area contributed by atoms with Gasteiger partial charge in [0, 0.05) is 11.3 Å². The molecule has 0 unspecified atom stereocenters. The van der Waals surface area contributed by atoms with Gasteiger partial charge in [0.15, 0.2) is 0 Å². The predicted molar refractivity (Wildman–Crippen MR) is 102 cm³/mol. The molecule has 0 aromatic heterocycles. The lowest BCUT2D eigenvalue weighted by Gasteiger charge is -2.27. The molecule has 0 fully saturated rings. The monoisotopic (exact) mass is 384 g/mol.